The third-order valence-electron chi connectivity index (χ3n) is 8.96. The van der Waals surface area contributed by atoms with Gasteiger partial charge in [0.2, 0.25) is 5.91 Å². The van der Waals surface area contributed by atoms with Crippen molar-refractivity contribution in [2.24, 2.45) is 0 Å². The summed E-state index contributed by atoms with van der Waals surface area (Å²) in [6, 6.07) is -0.906. The van der Waals surface area contributed by atoms with Crippen LogP contribution in [0.2, 0.25) is 0 Å². The van der Waals surface area contributed by atoms with Crippen molar-refractivity contribution >= 4 is 13.7 Å². The molecule has 0 fully saturated rings. The van der Waals surface area contributed by atoms with E-state index in [4.69, 9.17) is 9.05 Å². The van der Waals surface area contributed by atoms with Gasteiger partial charge >= 0.3 is 7.82 Å². The van der Waals surface area contributed by atoms with Gasteiger partial charge in [-0.25, -0.2) is 4.57 Å². The summed E-state index contributed by atoms with van der Waals surface area (Å²) in [5.74, 6) is -0.283. The normalized spacial score (nSPS) is 15.8. The Morgan fingerprint density at radius 2 is 1.25 bits per heavy atom. The van der Waals surface area contributed by atoms with Crippen LogP contribution >= 0.6 is 7.82 Å². The third kappa shape index (κ3) is 38.5. The highest BCUT2D eigenvalue weighted by atomic mass is 31.2. The van der Waals surface area contributed by atoms with Crippen LogP contribution in [0.15, 0.2) is 85.1 Å². The van der Waals surface area contributed by atoms with E-state index in [1.165, 1.54) is 64.2 Å². The zero-order valence-electron chi connectivity index (χ0n) is 35.9. The first-order chi connectivity index (χ1) is 26.9. The van der Waals surface area contributed by atoms with Crippen LogP contribution in [0.4, 0.5) is 0 Å². The molecule has 0 aliphatic rings. The fourth-order valence-electron chi connectivity index (χ4n) is 5.50. The predicted octanol–water partition coefficient (Wildman–Crippen LogP) is 10.8. The number of unbranched alkanes of at least 4 members (excludes halogenated alkanes) is 12. The number of hydrogen-bond donors (Lipinski definition) is 4. The number of phosphoric acid groups is 1. The Kier molecular flexibility index (Phi) is 35.4. The van der Waals surface area contributed by atoms with E-state index in [2.05, 4.69) is 49.5 Å². The lowest BCUT2D eigenvalue weighted by Crippen LogP contribution is -2.45. The number of carbonyl (C=O) groups excluding carboxylic acids is 1. The van der Waals surface area contributed by atoms with E-state index in [1.54, 1.807) is 12.2 Å². The van der Waals surface area contributed by atoms with Crippen LogP contribution in [0.1, 0.15) is 142 Å². The number of phosphoric ester groups is 1. The summed E-state index contributed by atoms with van der Waals surface area (Å²) in [6.07, 6.45) is 46.9. The van der Waals surface area contributed by atoms with E-state index in [1.807, 2.05) is 63.7 Å². The summed E-state index contributed by atoms with van der Waals surface area (Å²) in [5.41, 5.74) is 0. The molecule has 4 N–H and O–H groups in total. The van der Waals surface area contributed by atoms with E-state index >= 15 is 0 Å². The second-order valence-electron chi connectivity index (χ2n) is 15.5. The Hall–Kier alpha value is -2.36. The molecule has 0 heterocycles. The molecule has 0 aromatic rings. The molecule has 0 spiro atoms. The van der Waals surface area contributed by atoms with Crippen LogP contribution in [0.3, 0.4) is 0 Å². The van der Waals surface area contributed by atoms with Crippen molar-refractivity contribution in [3.8, 4) is 0 Å². The zero-order valence-corrected chi connectivity index (χ0v) is 36.8. The molecule has 0 saturated heterocycles. The van der Waals surface area contributed by atoms with Crippen molar-refractivity contribution in [1.29, 1.82) is 0 Å². The number of nitrogens with one attached hydrogen (secondary N) is 1. The Morgan fingerprint density at radius 1 is 0.679 bits per heavy atom. The molecule has 0 rings (SSSR count). The predicted molar refractivity (Wildman–Crippen MR) is 236 cm³/mol. The Morgan fingerprint density at radius 3 is 1.88 bits per heavy atom. The molecule has 0 radical (unpaired) electrons. The Bertz CT molecular complexity index is 1200. The minimum atomic E-state index is -4.37. The van der Waals surface area contributed by atoms with Gasteiger partial charge in [-0.1, -0.05) is 170 Å². The van der Waals surface area contributed by atoms with Crippen LogP contribution in [0.5, 0.6) is 0 Å². The third-order valence-corrected chi connectivity index (χ3v) is 9.95. The molecule has 4 atom stereocenters. The van der Waals surface area contributed by atoms with Crippen molar-refractivity contribution < 1.29 is 38.0 Å². The average molecular weight is 806 g/mol. The van der Waals surface area contributed by atoms with Gasteiger partial charge < -0.3 is 24.9 Å². The number of aliphatic hydroxyl groups is 2. The van der Waals surface area contributed by atoms with Gasteiger partial charge in [-0.15, -0.1) is 0 Å². The van der Waals surface area contributed by atoms with E-state index in [0.717, 1.165) is 44.9 Å². The summed E-state index contributed by atoms with van der Waals surface area (Å²) in [4.78, 5) is 23.0. The van der Waals surface area contributed by atoms with Gasteiger partial charge in [-0.05, 0) is 51.4 Å². The second-order valence-corrected chi connectivity index (χ2v) is 17.0. The summed E-state index contributed by atoms with van der Waals surface area (Å²) >= 11 is 0. The maximum Gasteiger partial charge on any atom is 0.472 e. The van der Waals surface area contributed by atoms with E-state index in [-0.39, 0.29) is 25.5 Å². The van der Waals surface area contributed by atoms with Crippen molar-refractivity contribution in [1.82, 2.24) is 5.32 Å². The lowest BCUT2D eigenvalue weighted by molar-refractivity contribution is -0.870. The summed E-state index contributed by atoms with van der Waals surface area (Å²) in [7, 11) is 1.48. The number of aliphatic hydroxyl groups excluding tert-OH is 2. The number of allylic oxidation sites excluding steroid dienone is 11. The lowest BCUT2D eigenvalue weighted by atomic mass is 10.0. The minimum Gasteiger partial charge on any atom is -0.389 e. The lowest BCUT2D eigenvalue weighted by Gasteiger charge is -2.25. The molecule has 10 heteroatoms. The highest BCUT2D eigenvalue weighted by molar-refractivity contribution is 7.47. The van der Waals surface area contributed by atoms with E-state index in [9.17, 15) is 24.5 Å². The monoisotopic (exact) mass is 806 g/mol. The van der Waals surface area contributed by atoms with Gasteiger partial charge in [-0.2, -0.15) is 0 Å². The van der Waals surface area contributed by atoms with Crippen molar-refractivity contribution in [3.63, 3.8) is 0 Å². The zero-order chi connectivity index (χ0) is 41.6. The number of likely N-dealkylation sites (N-methyl/N-ethyl adjacent to an activating group) is 1. The van der Waals surface area contributed by atoms with Gasteiger partial charge in [0.25, 0.3) is 0 Å². The SMILES string of the molecule is CC/C=C\C/C=C\CC(O)/C=C/C=C\C/C=C\C/C=C\CCC(=O)N[C@@H](COP(=O)(O)OCC[N+](C)(C)C)[C@H](O)/C=C/CCCCCCCCCCCCCC. The van der Waals surface area contributed by atoms with Gasteiger partial charge in [-0.3, -0.25) is 13.8 Å². The topological polar surface area (TPSA) is 125 Å². The molecule has 0 aromatic carbocycles. The Labute approximate surface area is 342 Å². The Balaban J connectivity index is 4.67. The van der Waals surface area contributed by atoms with Gasteiger partial charge in [0.1, 0.15) is 13.2 Å². The second kappa shape index (κ2) is 36.9. The van der Waals surface area contributed by atoms with Crippen molar-refractivity contribution in [3.05, 3.63) is 85.1 Å². The molecule has 0 aromatic heterocycles. The van der Waals surface area contributed by atoms with Gasteiger partial charge in [0, 0.05) is 6.42 Å². The molecular formula is C46H82N2O7P+. The first-order valence-electron chi connectivity index (χ1n) is 21.6. The molecule has 322 valence electrons. The van der Waals surface area contributed by atoms with Crippen LogP contribution < -0.4 is 5.32 Å². The van der Waals surface area contributed by atoms with Crippen LogP contribution in [-0.2, 0) is 18.4 Å². The average Bonchev–Trinajstić information content (AvgIpc) is 3.14. The molecule has 56 heavy (non-hydrogen) atoms. The van der Waals surface area contributed by atoms with Crippen LogP contribution in [-0.4, -0.2) is 84.6 Å². The first-order valence-corrected chi connectivity index (χ1v) is 23.1. The fraction of sp³-hybridized carbons (Fsp3) is 0.674. The van der Waals surface area contributed by atoms with Gasteiger partial charge in [0.15, 0.2) is 0 Å². The van der Waals surface area contributed by atoms with Crippen LogP contribution in [0.25, 0.3) is 0 Å². The van der Waals surface area contributed by atoms with Crippen LogP contribution in [0, 0.1) is 0 Å². The largest absolute Gasteiger partial charge is 0.472 e. The molecule has 0 aliphatic heterocycles. The number of nitrogens with zero attached hydrogens (tertiary/aromatic N) is 1. The first kappa shape index (κ1) is 53.6. The molecule has 9 nitrogen and oxygen atoms in total. The standard InChI is InChI=1S/C46H81N2O7P/c1-6-8-10-12-14-15-16-17-18-19-23-26-30-34-38-45(50)44(42-55-56(52,53)54-41-40-48(3,4)5)47-46(51)39-35-31-27-24-21-20-22-25-29-33-37-43(49)36-32-28-13-11-9-7-2/h9,11,20-21,25,27-29,31-34,37-38,43-45,49-50H,6-8,10,12-19,22-24,26,30,35-36,39-42H2,1-5H3,(H-,47,51,52,53)/p+1/b11-9-,21-20-,29-25-,31-27-,32-28-,37-33+,38-34+/t43?,44-,45+/m0/s1. The minimum absolute atomic E-state index is 0.0342. The summed E-state index contributed by atoms with van der Waals surface area (Å²) in [6.45, 7) is 4.54. The number of quaternary nitrogens is 1. The summed E-state index contributed by atoms with van der Waals surface area (Å²) in [5, 5.41) is 23.7. The smallest absolute Gasteiger partial charge is 0.389 e. The van der Waals surface area contributed by atoms with Crippen molar-refractivity contribution in [2.75, 3.05) is 40.9 Å². The number of carbonyl (C=O) groups is 1. The highest BCUT2D eigenvalue weighted by Gasteiger charge is 2.27. The van der Waals surface area contributed by atoms with E-state index in [0.29, 0.717) is 23.9 Å². The highest BCUT2D eigenvalue weighted by Crippen LogP contribution is 2.43. The quantitative estimate of drug-likeness (QED) is 0.0162. The summed E-state index contributed by atoms with van der Waals surface area (Å²) < 4.78 is 23.5. The maximum absolute atomic E-state index is 12.8. The fourth-order valence-corrected chi connectivity index (χ4v) is 6.23. The molecular weight excluding hydrogens is 723 g/mol. The van der Waals surface area contributed by atoms with Gasteiger partial charge in [0.05, 0.1) is 46.0 Å². The number of hydrogen-bond acceptors (Lipinski definition) is 6. The number of rotatable bonds is 37. The molecule has 1 amide bonds. The van der Waals surface area contributed by atoms with Crippen molar-refractivity contribution in [2.45, 2.75) is 161 Å². The number of amides is 1. The molecule has 0 bridgehead atoms. The molecule has 0 aliphatic carbocycles. The maximum atomic E-state index is 12.8. The van der Waals surface area contributed by atoms with E-state index < -0.39 is 26.1 Å². The molecule has 0 saturated carbocycles. The molecule has 2 unspecified atom stereocenters.